The van der Waals surface area contributed by atoms with Gasteiger partial charge >= 0.3 is 0 Å². The molecule has 7 heteroatoms. The van der Waals surface area contributed by atoms with Crippen LogP contribution in [0.1, 0.15) is 18.4 Å². The molecule has 0 spiro atoms. The predicted molar refractivity (Wildman–Crippen MR) is 94.2 cm³/mol. The molecule has 0 saturated heterocycles. The van der Waals surface area contributed by atoms with Gasteiger partial charge in [0.2, 0.25) is 5.91 Å². The number of benzene rings is 2. The molecular weight excluding hydrogens is 324 g/mol. The lowest BCUT2D eigenvalue weighted by molar-refractivity contribution is -0.384. The molecule has 25 heavy (non-hydrogen) atoms. The molecule has 0 aliphatic carbocycles. The number of carbonyl (C=O) groups is 1. The third-order valence-electron chi connectivity index (χ3n) is 3.58. The van der Waals surface area contributed by atoms with Gasteiger partial charge in [-0.3, -0.25) is 14.9 Å². The molecule has 0 unspecified atom stereocenters. The lowest BCUT2D eigenvalue weighted by Gasteiger charge is -2.11. The summed E-state index contributed by atoms with van der Waals surface area (Å²) in [4.78, 5) is 22.3. The van der Waals surface area contributed by atoms with Crippen molar-refractivity contribution in [2.24, 2.45) is 0 Å². The molecule has 0 aromatic heterocycles. The van der Waals surface area contributed by atoms with Crippen LogP contribution in [0.5, 0.6) is 11.5 Å². The van der Waals surface area contributed by atoms with Crippen LogP contribution in [0.3, 0.4) is 0 Å². The van der Waals surface area contributed by atoms with Gasteiger partial charge in [0.1, 0.15) is 0 Å². The maximum absolute atomic E-state index is 12.0. The van der Waals surface area contributed by atoms with Gasteiger partial charge in [-0.2, -0.15) is 0 Å². The number of nitro benzene ring substituents is 1. The van der Waals surface area contributed by atoms with Crippen molar-refractivity contribution in [3.05, 3.63) is 58.1 Å². The minimum Gasteiger partial charge on any atom is -0.493 e. The summed E-state index contributed by atoms with van der Waals surface area (Å²) < 4.78 is 10.8. The van der Waals surface area contributed by atoms with Gasteiger partial charge in [0.25, 0.3) is 5.69 Å². The van der Waals surface area contributed by atoms with E-state index >= 15 is 0 Å². The van der Waals surface area contributed by atoms with Crippen molar-refractivity contribution in [2.75, 3.05) is 19.0 Å². The van der Waals surface area contributed by atoms with Crippen LogP contribution in [0.4, 0.5) is 11.4 Å². The number of carbonyl (C=O) groups excluding carboxylic acids is 1. The Labute approximate surface area is 145 Å². The van der Waals surface area contributed by atoms with E-state index in [0.29, 0.717) is 30.2 Å². The van der Waals surface area contributed by atoms with E-state index < -0.39 is 4.92 Å². The fourth-order valence-corrected chi connectivity index (χ4v) is 2.22. The highest BCUT2D eigenvalue weighted by Crippen LogP contribution is 2.26. The fourth-order valence-electron chi connectivity index (χ4n) is 2.22. The molecule has 0 saturated carbocycles. The van der Waals surface area contributed by atoms with Crippen LogP contribution >= 0.6 is 0 Å². The molecule has 1 N–H and O–H groups in total. The first-order valence-corrected chi connectivity index (χ1v) is 7.82. The van der Waals surface area contributed by atoms with Crippen LogP contribution in [0, 0.1) is 17.0 Å². The molecule has 7 nitrogen and oxygen atoms in total. The van der Waals surface area contributed by atoms with E-state index in [4.69, 9.17) is 9.47 Å². The number of ether oxygens (including phenoxy) is 2. The van der Waals surface area contributed by atoms with E-state index in [9.17, 15) is 14.9 Å². The molecule has 0 bridgehead atoms. The first kappa shape index (κ1) is 18.3. The summed E-state index contributed by atoms with van der Waals surface area (Å²) in [5, 5.41) is 13.5. The summed E-state index contributed by atoms with van der Waals surface area (Å²) in [5.74, 6) is 1.05. The second-order valence-electron chi connectivity index (χ2n) is 5.41. The second kappa shape index (κ2) is 8.68. The van der Waals surface area contributed by atoms with Crippen LogP contribution in [0.15, 0.2) is 42.5 Å². The first-order valence-electron chi connectivity index (χ1n) is 7.82. The summed E-state index contributed by atoms with van der Waals surface area (Å²) in [7, 11) is 1.57. The Morgan fingerprint density at radius 1 is 1.20 bits per heavy atom. The maximum atomic E-state index is 12.0. The number of anilines is 1. The van der Waals surface area contributed by atoms with E-state index in [1.54, 1.807) is 32.2 Å². The minimum atomic E-state index is -0.490. The summed E-state index contributed by atoms with van der Waals surface area (Å²) in [5.41, 5.74) is 1.16. The largest absolute Gasteiger partial charge is 0.493 e. The van der Waals surface area contributed by atoms with Crippen molar-refractivity contribution in [1.29, 1.82) is 0 Å². The Hall–Kier alpha value is -3.09. The molecule has 2 aromatic carbocycles. The van der Waals surface area contributed by atoms with Gasteiger partial charge in [-0.25, -0.2) is 0 Å². The minimum absolute atomic E-state index is 0.0552. The average molecular weight is 344 g/mol. The number of nitrogens with one attached hydrogen (secondary N) is 1. The van der Waals surface area contributed by atoms with E-state index in [2.05, 4.69) is 5.32 Å². The zero-order chi connectivity index (χ0) is 18.2. The molecule has 0 heterocycles. The number of rotatable bonds is 8. The van der Waals surface area contributed by atoms with Gasteiger partial charge in [-0.1, -0.05) is 18.2 Å². The smallest absolute Gasteiger partial charge is 0.271 e. The van der Waals surface area contributed by atoms with Crippen molar-refractivity contribution in [3.8, 4) is 11.5 Å². The van der Waals surface area contributed by atoms with Crippen molar-refractivity contribution in [1.82, 2.24) is 0 Å². The lowest BCUT2D eigenvalue weighted by Crippen LogP contribution is -2.14. The van der Waals surface area contributed by atoms with Crippen LogP contribution in [0.2, 0.25) is 0 Å². The Balaban J connectivity index is 1.83. The summed E-state index contributed by atoms with van der Waals surface area (Å²) >= 11 is 0. The molecule has 2 rings (SSSR count). The number of methoxy groups -OCH3 is 1. The number of amides is 1. The van der Waals surface area contributed by atoms with Crippen LogP contribution in [-0.2, 0) is 4.79 Å². The van der Waals surface area contributed by atoms with Crippen molar-refractivity contribution >= 4 is 17.3 Å². The zero-order valence-electron chi connectivity index (χ0n) is 14.2. The van der Waals surface area contributed by atoms with Gasteiger partial charge in [0.15, 0.2) is 11.5 Å². The predicted octanol–water partition coefficient (Wildman–Crippen LogP) is 3.71. The normalized spacial score (nSPS) is 10.2. The maximum Gasteiger partial charge on any atom is 0.271 e. The van der Waals surface area contributed by atoms with Gasteiger partial charge < -0.3 is 14.8 Å². The highest BCUT2D eigenvalue weighted by Gasteiger charge is 2.11. The summed E-state index contributed by atoms with van der Waals surface area (Å²) in [6.07, 6.45) is 0.759. The molecule has 0 fully saturated rings. The molecule has 0 aliphatic heterocycles. The van der Waals surface area contributed by atoms with Crippen LogP contribution in [-0.4, -0.2) is 24.5 Å². The number of nitrogens with zero attached hydrogens (tertiary/aromatic N) is 1. The number of nitro groups is 1. The quantitative estimate of drug-likeness (QED) is 0.448. The van der Waals surface area contributed by atoms with Crippen LogP contribution in [0.25, 0.3) is 0 Å². The van der Waals surface area contributed by atoms with Gasteiger partial charge in [-0.15, -0.1) is 0 Å². The molecule has 1 amide bonds. The van der Waals surface area contributed by atoms with Crippen molar-refractivity contribution in [3.63, 3.8) is 0 Å². The van der Waals surface area contributed by atoms with Crippen molar-refractivity contribution in [2.45, 2.75) is 19.8 Å². The Morgan fingerprint density at radius 3 is 2.60 bits per heavy atom. The highest BCUT2D eigenvalue weighted by molar-refractivity contribution is 5.91. The molecule has 2 aromatic rings. The van der Waals surface area contributed by atoms with E-state index in [0.717, 1.165) is 5.56 Å². The van der Waals surface area contributed by atoms with Crippen molar-refractivity contribution < 1.29 is 19.2 Å². The Bertz CT molecular complexity index is 761. The number of para-hydroxylation sites is 2. The molecular formula is C18H20N2O5. The Morgan fingerprint density at radius 2 is 1.92 bits per heavy atom. The summed E-state index contributed by atoms with van der Waals surface area (Å²) in [6.45, 7) is 2.14. The molecule has 0 radical (unpaired) electrons. The molecule has 0 aliphatic rings. The SMILES string of the molecule is COc1ccccc1OCCCC(=O)Nc1cc([N+](=O)[O-])ccc1C. The fraction of sp³-hybridized carbons (Fsp3) is 0.278. The third kappa shape index (κ3) is 5.20. The van der Waals surface area contributed by atoms with Gasteiger partial charge in [-0.05, 0) is 31.0 Å². The topological polar surface area (TPSA) is 90.7 Å². The Kier molecular flexibility index (Phi) is 6.33. The number of non-ortho nitro benzene ring substituents is 1. The number of hydrogen-bond acceptors (Lipinski definition) is 5. The average Bonchev–Trinajstić information content (AvgIpc) is 2.60. The highest BCUT2D eigenvalue weighted by atomic mass is 16.6. The number of aryl methyl sites for hydroxylation is 1. The second-order valence-corrected chi connectivity index (χ2v) is 5.41. The zero-order valence-corrected chi connectivity index (χ0v) is 14.2. The van der Waals surface area contributed by atoms with E-state index in [-0.39, 0.29) is 18.0 Å². The van der Waals surface area contributed by atoms with Gasteiger partial charge in [0, 0.05) is 18.6 Å². The van der Waals surface area contributed by atoms with Crippen LogP contribution < -0.4 is 14.8 Å². The van der Waals surface area contributed by atoms with E-state index in [1.807, 2.05) is 12.1 Å². The molecule has 132 valence electrons. The van der Waals surface area contributed by atoms with Gasteiger partial charge in [0.05, 0.1) is 24.3 Å². The third-order valence-corrected chi connectivity index (χ3v) is 3.58. The lowest BCUT2D eigenvalue weighted by atomic mass is 10.1. The number of hydrogen-bond donors (Lipinski definition) is 1. The standard InChI is InChI=1S/C18H20N2O5/c1-13-9-10-14(20(22)23)12-15(13)19-18(21)8-5-11-25-17-7-4-3-6-16(17)24-2/h3-4,6-7,9-10,12H,5,8,11H2,1-2H3,(H,19,21). The van der Waals surface area contributed by atoms with E-state index in [1.165, 1.54) is 12.1 Å². The summed E-state index contributed by atoms with van der Waals surface area (Å²) in [6, 6.07) is 11.7. The monoisotopic (exact) mass is 344 g/mol. The molecule has 0 atom stereocenters. The first-order chi connectivity index (χ1) is 12.0.